The molecule has 1 aliphatic rings. The van der Waals surface area contributed by atoms with E-state index in [0.717, 1.165) is 24.2 Å². The van der Waals surface area contributed by atoms with Gasteiger partial charge >= 0.3 is 6.18 Å². The number of alkyl halides is 3. The van der Waals surface area contributed by atoms with Crippen molar-refractivity contribution < 1.29 is 22.8 Å². The van der Waals surface area contributed by atoms with Crippen LogP contribution in [0.2, 0.25) is 0 Å². The topological polar surface area (TPSA) is 37.4 Å². The van der Waals surface area contributed by atoms with Gasteiger partial charge in [0.25, 0.3) is 0 Å². The first kappa shape index (κ1) is 17.9. The van der Waals surface area contributed by atoms with Gasteiger partial charge in [0.05, 0.1) is 5.56 Å². The minimum Gasteiger partial charge on any atom is -0.312 e. The largest absolute Gasteiger partial charge is 0.416 e. The fourth-order valence-corrected chi connectivity index (χ4v) is 2.78. The van der Waals surface area contributed by atoms with Crippen molar-refractivity contribution in [1.29, 1.82) is 0 Å². The average molecular weight is 359 g/mol. The van der Waals surface area contributed by atoms with Crippen LogP contribution in [-0.2, 0) is 11.0 Å². The molecule has 1 fully saturated rings. The van der Waals surface area contributed by atoms with Gasteiger partial charge in [-0.3, -0.25) is 9.59 Å². The van der Waals surface area contributed by atoms with E-state index in [9.17, 15) is 22.8 Å². The zero-order valence-electron chi connectivity index (χ0n) is 13.8. The minimum atomic E-state index is -4.38. The van der Waals surface area contributed by atoms with Crippen LogP contribution in [-0.4, -0.2) is 18.2 Å². The van der Waals surface area contributed by atoms with E-state index >= 15 is 0 Å². The molecule has 0 N–H and O–H groups in total. The van der Waals surface area contributed by atoms with Crippen molar-refractivity contribution in [1.82, 2.24) is 0 Å². The van der Waals surface area contributed by atoms with Gasteiger partial charge in [-0.15, -0.1) is 0 Å². The molecule has 3 rings (SSSR count). The maximum atomic E-state index is 12.5. The number of nitrogens with zero attached hydrogens (tertiary/aromatic N) is 1. The first-order valence-electron chi connectivity index (χ1n) is 8.15. The van der Waals surface area contributed by atoms with Gasteiger partial charge < -0.3 is 4.90 Å². The van der Waals surface area contributed by atoms with E-state index in [1.54, 1.807) is 29.2 Å². The third-order valence-corrected chi connectivity index (χ3v) is 4.20. The Morgan fingerprint density at radius 1 is 1.00 bits per heavy atom. The van der Waals surface area contributed by atoms with Crippen molar-refractivity contribution in [3.63, 3.8) is 0 Å². The van der Waals surface area contributed by atoms with Crippen LogP contribution in [0.1, 0.15) is 34.3 Å². The number of carbonyl (C=O) groups excluding carboxylic acids is 2. The highest BCUT2D eigenvalue weighted by atomic mass is 19.4. The van der Waals surface area contributed by atoms with Crippen molar-refractivity contribution in [2.24, 2.45) is 0 Å². The second-order valence-corrected chi connectivity index (χ2v) is 6.01. The number of amides is 1. The van der Waals surface area contributed by atoms with Gasteiger partial charge in [-0.05, 0) is 54.5 Å². The molecule has 0 saturated carbocycles. The third-order valence-electron chi connectivity index (χ3n) is 4.20. The predicted molar refractivity (Wildman–Crippen MR) is 92.8 cm³/mol. The summed E-state index contributed by atoms with van der Waals surface area (Å²) >= 11 is 0. The Morgan fingerprint density at radius 2 is 1.65 bits per heavy atom. The smallest absolute Gasteiger partial charge is 0.312 e. The Balaban J connectivity index is 1.67. The molecule has 1 amide bonds. The summed E-state index contributed by atoms with van der Waals surface area (Å²) in [4.78, 5) is 25.6. The summed E-state index contributed by atoms with van der Waals surface area (Å²) in [6, 6.07) is 11.3. The van der Waals surface area contributed by atoms with Crippen LogP contribution in [0.15, 0.2) is 54.6 Å². The molecule has 3 nitrogen and oxygen atoms in total. The van der Waals surface area contributed by atoms with E-state index in [-0.39, 0.29) is 11.7 Å². The van der Waals surface area contributed by atoms with Crippen molar-refractivity contribution in [2.75, 3.05) is 11.4 Å². The van der Waals surface area contributed by atoms with Gasteiger partial charge in [0, 0.05) is 24.2 Å². The molecule has 0 bridgehead atoms. The van der Waals surface area contributed by atoms with Gasteiger partial charge in [0.2, 0.25) is 5.91 Å². The van der Waals surface area contributed by atoms with E-state index < -0.39 is 11.7 Å². The summed E-state index contributed by atoms with van der Waals surface area (Å²) in [6.07, 6.45) is -0.221. The molecule has 1 saturated heterocycles. The number of hydrogen-bond acceptors (Lipinski definition) is 2. The summed E-state index contributed by atoms with van der Waals surface area (Å²) < 4.78 is 37.6. The predicted octanol–water partition coefficient (Wildman–Crippen LogP) is 4.73. The minimum absolute atomic E-state index is 0.0753. The fourth-order valence-electron chi connectivity index (χ4n) is 2.78. The summed E-state index contributed by atoms with van der Waals surface area (Å²) in [5.41, 5.74) is 0.984. The van der Waals surface area contributed by atoms with Gasteiger partial charge in [-0.25, -0.2) is 0 Å². The molecule has 0 unspecified atom stereocenters. The highest BCUT2D eigenvalue weighted by Crippen LogP contribution is 2.29. The van der Waals surface area contributed by atoms with E-state index in [1.165, 1.54) is 24.3 Å². The number of hydrogen-bond donors (Lipinski definition) is 0. The zero-order chi connectivity index (χ0) is 18.7. The van der Waals surface area contributed by atoms with E-state index in [2.05, 4.69) is 0 Å². The second kappa shape index (κ2) is 7.15. The molecular formula is C20H16F3NO2. The molecule has 0 atom stereocenters. The fraction of sp³-hybridized carbons (Fsp3) is 0.200. The standard InChI is InChI=1S/C20H16F3NO2/c21-20(22,23)16-8-3-14(4-9-16)5-12-18(25)15-6-10-17(11-7-15)24-13-1-2-19(24)26/h3-12H,1-2,13H2/b12-5+. The van der Waals surface area contributed by atoms with Crippen LogP contribution in [0, 0.1) is 0 Å². The zero-order valence-corrected chi connectivity index (χ0v) is 13.8. The number of ketones is 1. The van der Waals surface area contributed by atoms with Crippen molar-refractivity contribution in [3.05, 3.63) is 71.3 Å². The van der Waals surface area contributed by atoms with E-state index in [1.807, 2.05) is 0 Å². The highest BCUT2D eigenvalue weighted by Gasteiger charge is 2.29. The van der Waals surface area contributed by atoms with Gasteiger partial charge in [-0.2, -0.15) is 13.2 Å². The average Bonchev–Trinajstić information content (AvgIpc) is 3.05. The molecule has 2 aromatic rings. The lowest BCUT2D eigenvalue weighted by Gasteiger charge is -2.15. The van der Waals surface area contributed by atoms with Crippen LogP contribution in [0.3, 0.4) is 0 Å². The van der Waals surface area contributed by atoms with E-state index in [4.69, 9.17) is 0 Å². The van der Waals surface area contributed by atoms with Crippen molar-refractivity contribution in [3.8, 4) is 0 Å². The Morgan fingerprint density at radius 3 is 2.19 bits per heavy atom. The summed E-state index contributed by atoms with van der Waals surface area (Å²) in [5, 5.41) is 0. The quantitative estimate of drug-likeness (QED) is 0.585. The highest BCUT2D eigenvalue weighted by molar-refractivity contribution is 6.07. The maximum absolute atomic E-state index is 12.5. The molecule has 0 aromatic heterocycles. The number of allylic oxidation sites excluding steroid dienone is 1. The molecule has 2 aromatic carbocycles. The molecule has 26 heavy (non-hydrogen) atoms. The molecule has 134 valence electrons. The molecule has 6 heteroatoms. The van der Waals surface area contributed by atoms with E-state index in [0.29, 0.717) is 24.1 Å². The lowest BCUT2D eigenvalue weighted by molar-refractivity contribution is -0.137. The molecular weight excluding hydrogens is 343 g/mol. The lowest BCUT2D eigenvalue weighted by atomic mass is 10.1. The maximum Gasteiger partial charge on any atom is 0.416 e. The molecule has 0 aliphatic carbocycles. The van der Waals surface area contributed by atoms with Crippen molar-refractivity contribution in [2.45, 2.75) is 19.0 Å². The molecule has 1 heterocycles. The van der Waals surface area contributed by atoms with Crippen LogP contribution in [0.4, 0.5) is 18.9 Å². The van der Waals surface area contributed by atoms with Gasteiger partial charge in [0.15, 0.2) is 5.78 Å². The van der Waals surface area contributed by atoms with Gasteiger partial charge in [0.1, 0.15) is 0 Å². The SMILES string of the molecule is O=C(/C=C/c1ccc(C(F)(F)F)cc1)c1ccc(N2CCCC2=O)cc1. The Kier molecular flexibility index (Phi) is 4.93. The Bertz CT molecular complexity index is 837. The number of anilines is 1. The lowest BCUT2D eigenvalue weighted by Crippen LogP contribution is -2.23. The molecule has 0 spiro atoms. The first-order valence-corrected chi connectivity index (χ1v) is 8.15. The number of rotatable bonds is 4. The molecule has 0 radical (unpaired) electrons. The summed E-state index contributed by atoms with van der Waals surface area (Å²) in [5.74, 6) is -0.185. The third kappa shape index (κ3) is 4.02. The van der Waals surface area contributed by atoms with Crippen molar-refractivity contribution >= 4 is 23.5 Å². The number of halogens is 3. The number of benzene rings is 2. The first-order chi connectivity index (χ1) is 12.3. The Hall–Kier alpha value is -2.89. The Labute approximate surface area is 148 Å². The monoisotopic (exact) mass is 359 g/mol. The summed E-state index contributed by atoms with van der Waals surface area (Å²) in [6.45, 7) is 0.681. The van der Waals surface area contributed by atoms with Crippen LogP contribution >= 0.6 is 0 Å². The second-order valence-electron chi connectivity index (χ2n) is 6.01. The van der Waals surface area contributed by atoms with Crippen LogP contribution in [0.5, 0.6) is 0 Å². The normalized spacial score (nSPS) is 15.0. The summed E-state index contributed by atoms with van der Waals surface area (Å²) in [7, 11) is 0. The number of carbonyl (C=O) groups is 2. The van der Waals surface area contributed by atoms with Crippen LogP contribution < -0.4 is 4.90 Å². The van der Waals surface area contributed by atoms with Crippen LogP contribution in [0.25, 0.3) is 6.08 Å². The molecule has 1 aliphatic heterocycles. The van der Waals surface area contributed by atoms with Gasteiger partial charge in [-0.1, -0.05) is 18.2 Å².